The third kappa shape index (κ3) is 9.50. The van der Waals surface area contributed by atoms with Gasteiger partial charge in [0.1, 0.15) is 11.6 Å². The van der Waals surface area contributed by atoms with Crippen LogP contribution in [0.2, 0.25) is 0 Å². The van der Waals surface area contributed by atoms with Crippen LogP contribution in [0.25, 0.3) is 11.4 Å². The van der Waals surface area contributed by atoms with Gasteiger partial charge in [-0.1, -0.05) is 57.2 Å². The molecule has 0 aliphatic carbocycles. The Morgan fingerprint density at radius 1 is 0.857 bits per heavy atom. The summed E-state index contributed by atoms with van der Waals surface area (Å²) in [5, 5.41) is 14.6. The highest BCUT2D eigenvalue weighted by atomic mass is 16.6. The van der Waals surface area contributed by atoms with E-state index < -0.39 is 35.4 Å². The van der Waals surface area contributed by atoms with Crippen molar-refractivity contribution >= 4 is 23.8 Å². The molecule has 1 heterocycles. The fraction of sp³-hybridized carbons (Fsp3) is 0.375. The molecule has 0 fully saturated rings. The van der Waals surface area contributed by atoms with E-state index in [1.807, 2.05) is 12.1 Å². The number of carbonyl (C=O) groups excluding carboxylic acids is 3. The summed E-state index contributed by atoms with van der Waals surface area (Å²) in [6, 6.07) is 13.4. The van der Waals surface area contributed by atoms with Crippen LogP contribution in [0, 0.1) is 0 Å². The number of benzene rings is 2. The van der Waals surface area contributed by atoms with Gasteiger partial charge in [-0.05, 0) is 49.4 Å². The molecule has 0 aliphatic heterocycles. The van der Waals surface area contributed by atoms with Crippen molar-refractivity contribution in [3.63, 3.8) is 0 Å². The number of ether oxygens (including phenoxy) is 1. The van der Waals surface area contributed by atoms with Crippen molar-refractivity contribution in [2.24, 2.45) is 0 Å². The molecule has 2 amide bonds. The number of carboxylic acid groups (broad SMARTS) is 1. The van der Waals surface area contributed by atoms with Crippen LogP contribution in [0.1, 0.15) is 79.8 Å². The van der Waals surface area contributed by atoms with E-state index >= 15 is 0 Å². The monoisotopic (exact) mass is 574 g/mol. The number of carboxylic acids is 1. The van der Waals surface area contributed by atoms with E-state index in [0.29, 0.717) is 17.0 Å². The van der Waals surface area contributed by atoms with Crippen LogP contribution in [0.3, 0.4) is 0 Å². The number of esters is 1. The second-order valence-electron chi connectivity index (χ2n) is 12.0. The van der Waals surface area contributed by atoms with Crippen LogP contribution in [0.4, 0.5) is 0 Å². The van der Waals surface area contributed by atoms with Gasteiger partial charge in [0.15, 0.2) is 5.82 Å². The summed E-state index contributed by atoms with van der Waals surface area (Å²) in [6.07, 6.45) is 2.65. The van der Waals surface area contributed by atoms with E-state index in [1.165, 1.54) is 12.4 Å². The molecule has 0 bridgehead atoms. The summed E-state index contributed by atoms with van der Waals surface area (Å²) in [6.45, 7) is 11.6. The molecule has 1 unspecified atom stereocenters. The normalized spacial score (nSPS) is 12.2. The van der Waals surface area contributed by atoms with Crippen molar-refractivity contribution < 1.29 is 29.0 Å². The number of nitrogens with zero attached hydrogens (tertiary/aromatic N) is 2. The van der Waals surface area contributed by atoms with Crippen molar-refractivity contribution in [2.45, 2.75) is 71.4 Å². The zero-order chi connectivity index (χ0) is 31.1. The Labute approximate surface area is 245 Å². The molecule has 0 saturated heterocycles. The maximum atomic E-state index is 13.2. The Kier molecular flexibility index (Phi) is 10.2. The van der Waals surface area contributed by atoms with Gasteiger partial charge < -0.3 is 20.5 Å². The Bertz CT molecular complexity index is 1400. The van der Waals surface area contributed by atoms with Crippen LogP contribution in [-0.4, -0.2) is 57.0 Å². The summed E-state index contributed by atoms with van der Waals surface area (Å²) < 4.78 is 5.30. The molecule has 2 aromatic carbocycles. The second kappa shape index (κ2) is 13.4. The van der Waals surface area contributed by atoms with E-state index in [9.17, 15) is 19.2 Å². The lowest BCUT2D eigenvalue weighted by Crippen LogP contribution is -2.48. The molecule has 3 aromatic rings. The van der Waals surface area contributed by atoms with E-state index in [0.717, 1.165) is 11.1 Å². The minimum Gasteiger partial charge on any atom is -0.478 e. The van der Waals surface area contributed by atoms with Crippen LogP contribution < -0.4 is 10.6 Å². The van der Waals surface area contributed by atoms with Gasteiger partial charge in [-0.2, -0.15) is 0 Å². The highest BCUT2D eigenvalue weighted by Crippen LogP contribution is 2.22. The third-order valence-electron chi connectivity index (χ3n) is 6.23. The third-order valence-corrected chi connectivity index (χ3v) is 6.23. The molecule has 3 rings (SSSR count). The van der Waals surface area contributed by atoms with Crippen molar-refractivity contribution in [3.8, 4) is 11.4 Å². The molecule has 10 nitrogen and oxygen atoms in total. The number of amides is 2. The summed E-state index contributed by atoms with van der Waals surface area (Å²) in [7, 11) is 0. The summed E-state index contributed by atoms with van der Waals surface area (Å²) >= 11 is 0. The van der Waals surface area contributed by atoms with E-state index in [1.54, 1.807) is 57.2 Å². The standard InChI is InChI=1S/C32H38N4O6/c1-31(2,3)24-13-11-22(12-14-24)28(38)36-25(29(39)33-16-15-26(37)42-32(4,5)6)17-20-7-9-21(10-8-20)27-34-18-23(19-35-27)30(40)41/h7-14,18-19,25H,15-17H2,1-6H3,(H,33,39)(H,36,38)(H,40,41). The van der Waals surface area contributed by atoms with Crippen molar-refractivity contribution in [3.05, 3.63) is 83.2 Å². The van der Waals surface area contributed by atoms with Gasteiger partial charge in [-0.15, -0.1) is 0 Å². The van der Waals surface area contributed by atoms with Gasteiger partial charge >= 0.3 is 11.9 Å². The number of rotatable bonds is 10. The maximum Gasteiger partial charge on any atom is 0.338 e. The minimum absolute atomic E-state index is 0.00664. The highest BCUT2D eigenvalue weighted by molar-refractivity contribution is 5.97. The zero-order valence-corrected chi connectivity index (χ0v) is 24.9. The minimum atomic E-state index is -1.11. The summed E-state index contributed by atoms with van der Waals surface area (Å²) in [5.74, 6) is -2.02. The SMILES string of the molecule is CC(C)(C)OC(=O)CCNC(=O)C(Cc1ccc(-c2ncc(C(=O)O)cn2)cc1)NC(=O)c1ccc(C(C)(C)C)cc1. The Balaban J connectivity index is 1.74. The lowest BCUT2D eigenvalue weighted by Gasteiger charge is -2.21. The number of aromatic nitrogens is 2. The number of carbonyl (C=O) groups is 4. The maximum absolute atomic E-state index is 13.2. The van der Waals surface area contributed by atoms with Gasteiger partial charge in [0.05, 0.1) is 12.0 Å². The zero-order valence-electron chi connectivity index (χ0n) is 24.9. The van der Waals surface area contributed by atoms with Crippen molar-refractivity contribution in [1.29, 1.82) is 0 Å². The number of aromatic carboxylic acids is 1. The van der Waals surface area contributed by atoms with Crippen LogP contribution in [0.15, 0.2) is 60.9 Å². The van der Waals surface area contributed by atoms with Gasteiger partial charge in [0.2, 0.25) is 5.91 Å². The molecule has 3 N–H and O–H groups in total. The molecule has 0 aliphatic rings. The fourth-order valence-electron chi connectivity index (χ4n) is 3.99. The molecule has 0 saturated carbocycles. The largest absolute Gasteiger partial charge is 0.478 e. The Hall–Kier alpha value is -4.60. The van der Waals surface area contributed by atoms with Gasteiger partial charge in [0, 0.05) is 36.5 Å². The molecule has 1 atom stereocenters. The quantitative estimate of drug-likeness (QED) is 0.303. The summed E-state index contributed by atoms with van der Waals surface area (Å²) in [4.78, 5) is 57.7. The second-order valence-corrected chi connectivity index (χ2v) is 12.0. The molecular weight excluding hydrogens is 536 g/mol. The van der Waals surface area contributed by atoms with Crippen LogP contribution >= 0.6 is 0 Å². The molecule has 42 heavy (non-hydrogen) atoms. The fourth-order valence-corrected chi connectivity index (χ4v) is 3.99. The molecular formula is C32H38N4O6. The van der Waals surface area contributed by atoms with E-state index in [4.69, 9.17) is 9.84 Å². The average molecular weight is 575 g/mol. The Morgan fingerprint density at radius 3 is 1.98 bits per heavy atom. The van der Waals surface area contributed by atoms with Crippen LogP contribution in [-0.2, 0) is 26.2 Å². The predicted molar refractivity (Wildman–Crippen MR) is 158 cm³/mol. The average Bonchev–Trinajstić information content (AvgIpc) is 2.91. The van der Waals surface area contributed by atoms with E-state index in [2.05, 4.69) is 41.4 Å². The molecule has 222 valence electrons. The van der Waals surface area contributed by atoms with Gasteiger partial charge in [0.25, 0.3) is 5.91 Å². The van der Waals surface area contributed by atoms with Crippen molar-refractivity contribution in [2.75, 3.05) is 6.54 Å². The first-order valence-electron chi connectivity index (χ1n) is 13.7. The Morgan fingerprint density at radius 2 is 1.45 bits per heavy atom. The smallest absolute Gasteiger partial charge is 0.338 e. The topological polar surface area (TPSA) is 148 Å². The molecule has 10 heteroatoms. The number of nitrogens with one attached hydrogen (secondary N) is 2. The summed E-state index contributed by atoms with van der Waals surface area (Å²) in [5.41, 5.74) is 2.22. The molecule has 1 aromatic heterocycles. The number of hydrogen-bond acceptors (Lipinski definition) is 7. The van der Waals surface area contributed by atoms with E-state index in [-0.39, 0.29) is 30.4 Å². The van der Waals surface area contributed by atoms with Gasteiger partial charge in [-0.25, -0.2) is 14.8 Å². The highest BCUT2D eigenvalue weighted by Gasteiger charge is 2.23. The first-order valence-corrected chi connectivity index (χ1v) is 13.7. The lowest BCUT2D eigenvalue weighted by molar-refractivity contribution is -0.154. The van der Waals surface area contributed by atoms with Gasteiger partial charge in [-0.3, -0.25) is 14.4 Å². The van der Waals surface area contributed by atoms with Crippen LogP contribution in [0.5, 0.6) is 0 Å². The predicted octanol–water partition coefficient (Wildman–Crippen LogP) is 4.33. The number of hydrogen-bond donors (Lipinski definition) is 3. The molecule has 0 radical (unpaired) electrons. The van der Waals surface area contributed by atoms with Crippen molar-refractivity contribution in [1.82, 2.24) is 20.6 Å². The molecule has 0 spiro atoms. The first-order chi connectivity index (χ1) is 19.6. The lowest BCUT2D eigenvalue weighted by atomic mass is 9.86. The first kappa shape index (κ1) is 31.9.